The van der Waals surface area contributed by atoms with E-state index in [1.807, 2.05) is 0 Å². The van der Waals surface area contributed by atoms with Gasteiger partial charge < -0.3 is 0 Å². The Labute approximate surface area is 87.0 Å². The summed E-state index contributed by atoms with van der Waals surface area (Å²) in [5.74, 6) is 0. The normalized spacial score (nSPS) is 13.4. The molecule has 0 unspecified atom stereocenters. The summed E-state index contributed by atoms with van der Waals surface area (Å²) in [5, 5.41) is 0. The molecule has 4 heteroatoms. The Hall–Kier alpha value is -0.240. The molecular formula is C8H8Cl3N. The zero-order valence-corrected chi connectivity index (χ0v) is 8.57. The van der Waals surface area contributed by atoms with Crippen LogP contribution in [0.15, 0.2) is 42.6 Å². The quantitative estimate of drug-likeness (QED) is 0.394. The SMILES string of the molecule is C=C/C=C\C(=NC=C)C(Cl)(Cl)Cl. The number of nitrogens with zero attached hydrogens (tertiary/aromatic N) is 1. The molecule has 0 bridgehead atoms. The highest BCUT2D eigenvalue weighted by molar-refractivity contribution is 6.77. The summed E-state index contributed by atoms with van der Waals surface area (Å²) in [6.07, 6.45) is 6.06. The summed E-state index contributed by atoms with van der Waals surface area (Å²) in [4.78, 5) is 3.78. The van der Waals surface area contributed by atoms with Crippen LogP contribution in [0.3, 0.4) is 0 Å². The van der Waals surface area contributed by atoms with Crippen LogP contribution in [-0.4, -0.2) is 9.50 Å². The van der Waals surface area contributed by atoms with Crippen LogP contribution in [0.1, 0.15) is 0 Å². The Morgan fingerprint density at radius 1 is 1.25 bits per heavy atom. The lowest BCUT2D eigenvalue weighted by Gasteiger charge is -2.09. The van der Waals surface area contributed by atoms with Crippen LogP contribution in [0.2, 0.25) is 0 Å². The minimum absolute atomic E-state index is 0.308. The molecule has 12 heavy (non-hydrogen) atoms. The number of alkyl halides is 3. The highest BCUT2D eigenvalue weighted by Crippen LogP contribution is 2.28. The predicted octanol–water partition coefficient (Wildman–Crippen LogP) is 3.68. The second-order valence-corrected chi connectivity index (χ2v) is 4.07. The van der Waals surface area contributed by atoms with Crippen molar-refractivity contribution in [1.82, 2.24) is 0 Å². The molecule has 0 atom stereocenters. The van der Waals surface area contributed by atoms with Gasteiger partial charge in [-0.15, -0.1) is 0 Å². The van der Waals surface area contributed by atoms with Gasteiger partial charge in [0.05, 0.1) is 5.71 Å². The molecule has 66 valence electrons. The molecule has 0 aliphatic rings. The van der Waals surface area contributed by atoms with Crippen LogP contribution >= 0.6 is 34.8 Å². The van der Waals surface area contributed by atoms with Crippen molar-refractivity contribution in [2.45, 2.75) is 3.79 Å². The number of halogens is 3. The maximum atomic E-state index is 5.58. The summed E-state index contributed by atoms with van der Waals surface area (Å²) in [6.45, 7) is 6.88. The summed E-state index contributed by atoms with van der Waals surface area (Å²) in [6, 6.07) is 0. The van der Waals surface area contributed by atoms with E-state index in [9.17, 15) is 0 Å². The van der Waals surface area contributed by atoms with E-state index in [0.717, 1.165) is 0 Å². The molecule has 0 aromatic carbocycles. The molecule has 0 amide bonds. The van der Waals surface area contributed by atoms with Gasteiger partial charge in [-0.25, -0.2) is 0 Å². The van der Waals surface area contributed by atoms with E-state index in [-0.39, 0.29) is 0 Å². The maximum absolute atomic E-state index is 5.58. The fourth-order valence-electron chi connectivity index (χ4n) is 0.468. The average molecular weight is 225 g/mol. The fraction of sp³-hybridized carbons (Fsp3) is 0.125. The fourth-order valence-corrected chi connectivity index (χ4v) is 0.804. The monoisotopic (exact) mass is 223 g/mol. The Bertz CT molecular complexity index is 223. The van der Waals surface area contributed by atoms with Crippen LogP contribution in [0, 0.1) is 0 Å². The predicted molar refractivity (Wildman–Crippen MR) is 57.3 cm³/mol. The van der Waals surface area contributed by atoms with Gasteiger partial charge >= 0.3 is 0 Å². The molecule has 0 radical (unpaired) electrons. The van der Waals surface area contributed by atoms with Gasteiger partial charge in [0.15, 0.2) is 0 Å². The van der Waals surface area contributed by atoms with Crippen LogP contribution in [-0.2, 0) is 0 Å². The number of hydrogen-bond acceptors (Lipinski definition) is 1. The molecule has 0 aromatic rings. The average Bonchev–Trinajstić information content (AvgIpc) is 1.95. The molecule has 0 fully saturated rings. The van der Waals surface area contributed by atoms with Gasteiger partial charge in [0, 0.05) is 6.20 Å². The van der Waals surface area contributed by atoms with E-state index in [4.69, 9.17) is 34.8 Å². The summed E-state index contributed by atoms with van der Waals surface area (Å²) >= 11 is 16.7. The van der Waals surface area contributed by atoms with E-state index >= 15 is 0 Å². The second kappa shape index (κ2) is 5.41. The van der Waals surface area contributed by atoms with Crippen molar-refractivity contribution in [3.8, 4) is 0 Å². The van der Waals surface area contributed by atoms with Gasteiger partial charge in [0.25, 0.3) is 0 Å². The van der Waals surface area contributed by atoms with Crippen molar-refractivity contribution in [2.75, 3.05) is 0 Å². The van der Waals surface area contributed by atoms with Gasteiger partial charge in [-0.05, 0) is 6.08 Å². The largest absolute Gasteiger partial charge is 0.257 e. The Balaban J connectivity index is 4.68. The zero-order chi connectivity index (χ0) is 9.61. The van der Waals surface area contributed by atoms with Crippen molar-refractivity contribution < 1.29 is 0 Å². The highest BCUT2D eigenvalue weighted by atomic mass is 35.6. The van der Waals surface area contributed by atoms with E-state index < -0.39 is 3.79 Å². The Kier molecular flexibility index (Phi) is 5.31. The number of hydrogen-bond donors (Lipinski definition) is 0. The molecule has 0 aliphatic carbocycles. The van der Waals surface area contributed by atoms with Gasteiger partial charge in [-0.1, -0.05) is 60.1 Å². The van der Waals surface area contributed by atoms with Crippen molar-refractivity contribution in [1.29, 1.82) is 0 Å². The van der Waals surface area contributed by atoms with Crippen LogP contribution in [0.5, 0.6) is 0 Å². The lowest BCUT2D eigenvalue weighted by atomic mass is 10.3. The second-order valence-electron chi connectivity index (χ2n) is 1.79. The molecule has 0 saturated carbocycles. The van der Waals surface area contributed by atoms with Crippen LogP contribution < -0.4 is 0 Å². The number of aliphatic imine (C=N–C) groups is 1. The van der Waals surface area contributed by atoms with Crippen molar-refractivity contribution in [2.24, 2.45) is 4.99 Å². The minimum atomic E-state index is -1.52. The smallest absolute Gasteiger partial charge is 0.232 e. The molecule has 0 heterocycles. The zero-order valence-electron chi connectivity index (χ0n) is 6.30. The topological polar surface area (TPSA) is 12.4 Å². The third-order valence-corrected chi connectivity index (χ3v) is 1.49. The molecule has 0 saturated heterocycles. The summed E-state index contributed by atoms with van der Waals surface area (Å²) in [7, 11) is 0. The molecule has 1 nitrogen and oxygen atoms in total. The molecule has 0 spiro atoms. The van der Waals surface area contributed by atoms with E-state index in [0.29, 0.717) is 5.71 Å². The third-order valence-electron chi connectivity index (χ3n) is 0.911. The Morgan fingerprint density at radius 2 is 1.83 bits per heavy atom. The number of rotatable bonds is 3. The van der Waals surface area contributed by atoms with E-state index in [2.05, 4.69) is 18.2 Å². The molecule has 0 rings (SSSR count). The standard InChI is InChI=1S/C8H8Cl3N/c1-3-5-6-7(12-4-2)8(9,10)11/h3-6H,1-2H2/b6-5-,12-7?. The van der Waals surface area contributed by atoms with Crippen molar-refractivity contribution in [3.63, 3.8) is 0 Å². The maximum Gasteiger partial charge on any atom is 0.232 e. The lowest BCUT2D eigenvalue weighted by Crippen LogP contribution is -2.15. The van der Waals surface area contributed by atoms with Gasteiger partial charge in [-0.3, -0.25) is 4.99 Å². The van der Waals surface area contributed by atoms with Gasteiger partial charge in [0.1, 0.15) is 0 Å². The molecular weight excluding hydrogens is 216 g/mol. The van der Waals surface area contributed by atoms with Gasteiger partial charge in [0.2, 0.25) is 3.79 Å². The third kappa shape index (κ3) is 4.60. The number of allylic oxidation sites excluding steroid dienone is 3. The van der Waals surface area contributed by atoms with Gasteiger partial charge in [-0.2, -0.15) is 0 Å². The first-order valence-electron chi connectivity index (χ1n) is 3.07. The first kappa shape index (κ1) is 11.8. The van der Waals surface area contributed by atoms with Crippen molar-refractivity contribution >= 4 is 40.5 Å². The van der Waals surface area contributed by atoms with E-state index in [1.54, 1.807) is 18.2 Å². The highest BCUT2D eigenvalue weighted by Gasteiger charge is 2.24. The lowest BCUT2D eigenvalue weighted by molar-refractivity contribution is 1.47. The molecule has 0 aromatic heterocycles. The van der Waals surface area contributed by atoms with Crippen LogP contribution in [0.25, 0.3) is 0 Å². The summed E-state index contributed by atoms with van der Waals surface area (Å²) in [5.41, 5.74) is 0.308. The van der Waals surface area contributed by atoms with E-state index in [1.165, 1.54) is 6.20 Å². The molecule has 0 N–H and O–H groups in total. The molecule has 0 aliphatic heterocycles. The first-order valence-corrected chi connectivity index (χ1v) is 4.20. The van der Waals surface area contributed by atoms with Crippen molar-refractivity contribution in [3.05, 3.63) is 37.6 Å². The van der Waals surface area contributed by atoms with Crippen LogP contribution in [0.4, 0.5) is 0 Å². The Morgan fingerprint density at radius 3 is 2.17 bits per heavy atom. The minimum Gasteiger partial charge on any atom is -0.257 e. The summed E-state index contributed by atoms with van der Waals surface area (Å²) < 4.78 is -1.52. The first-order chi connectivity index (χ1) is 5.52.